The van der Waals surface area contributed by atoms with E-state index in [1.807, 2.05) is 0 Å². The predicted octanol–water partition coefficient (Wildman–Crippen LogP) is 3.39. The smallest absolute Gasteiger partial charge is 0.331 e. The molecule has 13 nitrogen and oxygen atoms in total. The maximum Gasteiger partial charge on any atom is 0.331 e. The molecule has 3 aromatic carbocycles. The van der Waals surface area contributed by atoms with Gasteiger partial charge in [-0.2, -0.15) is 0 Å². The number of carbonyl (C=O) groups excluding carboxylic acids is 3. The summed E-state index contributed by atoms with van der Waals surface area (Å²) in [6.45, 7) is 2.25. The number of aliphatic hydroxyl groups excluding tert-OH is 2. The van der Waals surface area contributed by atoms with E-state index in [-0.39, 0.29) is 46.0 Å². The van der Waals surface area contributed by atoms with Crippen LogP contribution in [0.4, 0.5) is 0 Å². The van der Waals surface area contributed by atoms with Crippen LogP contribution < -0.4 is 5.43 Å². The van der Waals surface area contributed by atoms with Crippen LogP contribution in [-0.4, -0.2) is 74.3 Å². The van der Waals surface area contributed by atoms with Gasteiger partial charge in [-0.3, -0.25) is 9.59 Å². The molecule has 0 spiro atoms. The molecule has 1 aliphatic rings. The van der Waals surface area contributed by atoms with Gasteiger partial charge >= 0.3 is 11.9 Å². The summed E-state index contributed by atoms with van der Waals surface area (Å²) in [7, 11) is 0. The summed E-state index contributed by atoms with van der Waals surface area (Å²) in [5, 5.41) is 52.6. The van der Waals surface area contributed by atoms with Crippen LogP contribution >= 0.6 is 0 Å². The van der Waals surface area contributed by atoms with Crippen molar-refractivity contribution < 1.29 is 58.5 Å². The standard InChI is InChI=1S/C37H34O13/c1-19-15-26(41)32(35-31(19)27(42)17-25(48-35)16-20(2)38)36-37(50-30(44)14-8-22-5-11-24(40)12-6-22)34(46)33(45)28(49-36)18-47-29(43)13-7-21-3-9-23(39)10-4-21/h3-15,17,28,33-34,36-37,39-41,45-46H,16,18H2,1-2H3. The fraction of sp³-hybridized carbons (Fsp3) is 0.243. The van der Waals surface area contributed by atoms with E-state index in [4.69, 9.17) is 18.6 Å². The number of aliphatic hydroxyl groups is 2. The maximum atomic E-state index is 13.2. The number of esters is 2. The van der Waals surface area contributed by atoms with Gasteiger partial charge in [0.2, 0.25) is 0 Å². The topological polar surface area (TPSA) is 210 Å². The Hall–Kier alpha value is -5.76. The molecule has 1 saturated heterocycles. The number of hydrogen-bond donors (Lipinski definition) is 5. The zero-order chi connectivity index (χ0) is 36.1. The summed E-state index contributed by atoms with van der Waals surface area (Å²) in [5.74, 6) is -2.57. The second-order valence-corrected chi connectivity index (χ2v) is 11.7. The number of rotatable bonds is 10. The Morgan fingerprint density at radius 2 is 1.42 bits per heavy atom. The molecule has 2 heterocycles. The van der Waals surface area contributed by atoms with Crippen LogP contribution in [0.1, 0.15) is 41.0 Å². The SMILES string of the molecule is CC(=O)Cc1cc(=O)c2c(C)cc(O)c(C3OC(COC(=O)C=Cc4ccc(O)cc4)C(O)C(O)C3OC(=O)C=Cc3ccc(O)cc3)c2o1. The van der Waals surface area contributed by atoms with Gasteiger partial charge in [-0.15, -0.1) is 0 Å². The zero-order valence-corrected chi connectivity index (χ0v) is 26.9. The molecule has 4 aromatic rings. The molecule has 0 radical (unpaired) electrons. The fourth-order valence-electron chi connectivity index (χ4n) is 5.51. The van der Waals surface area contributed by atoms with Gasteiger partial charge in [0.15, 0.2) is 11.5 Å². The number of ketones is 1. The van der Waals surface area contributed by atoms with E-state index in [1.54, 1.807) is 19.1 Å². The van der Waals surface area contributed by atoms with Gasteiger partial charge in [-0.05, 0) is 73.0 Å². The van der Waals surface area contributed by atoms with Gasteiger partial charge in [0.25, 0.3) is 0 Å². The molecule has 5 atom stereocenters. The summed E-state index contributed by atoms with van der Waals surface area (Å²) < 4.78 is 22.9. The number of phenols is 3. The van der Waals surface area contributed by atoms with Crippen molar-refractivity contribution in [3.05, 3.63) is 111 Å². The third-order valence-corrected chi connectivity index (χ3v) is 7.91. The molecule has 0 bridgehead atoms. The molecule has 0 aliphatic carbocycles. The van der Waals surface area contributed by atoms with Gasteiger partial charge in [0.1, 0.15) is 65.4 Å². The highest BCUT2D eigenvalue weighted by molar-refractivity contribution is 5.89. The largest absolute Gasteiger partial charge is 0.508 e. The lowest BCUT2D eigenvalue weighted by molar-refractivity contribution is -0.241. The van der Waals surface area contributed by atoms with E-state index >= 15 is 0 Å². The second kappa shape index (κ2) is 15.2. The molecule has 260 valence electrons. The van der Waals surface area contributed by atoms with Crippen LogP contribution in [0.25, 0.3) is 23.1 Å². The molecule has 1 aromatic heterocycles. The lowest BCUT2D eigenvalue weighted by Gasteiger charge is -2.42. The predicted molar refractivity (Wildman–Crippen MR) is 178 cm³/mol. The highest BCUT2D eigenvalue weighted by Gasteiger charge is 2.49. The number of benzene rings is 3. The van der Waals surface area contributed by atoms with E-state index in [2.05, 4.69) is 0 Å². The first-order chi connectivity index (χ1) is 23.8. The van der Waals surface area contributed by atoms with Crippen LogP contribution in [0, 0.1) is 6.92 Å². The first-order valence-electron chi connectivity index (χ1n) is 15.4. The summed E-state index contributed by atoms with van der Waals surface area (Å²) in [5.41, 5.74) is 0.475. The lowest BCUT2D eigenvalue weighted by Crippen LogP contribution is -2.56. The van der Waals surface area contributed by atoms with Gasteiger partial charge in [0.05, 0.1) is 17.4 Å². The minimum Gasteiger partial charge on any atom is -0.508 e. The number of phenolic OH excluding ortho intramolecular Hbond substituents is 3. The van der Waals surface area contributed by atoms with Crippen molar-refractivity contribution >= 4 is 40.8 Å². The number of aromatic hydroxyl groups is 3. The van der Waals surface area contributed by atoms with Crippen molar-refractivity contribution in [1.82, 2.24) is 0 Å². The summed E-state index contributed by atoms with van der Waals surface area (Å²) in [6.07, 6.45) is -3.71. The number of hydrogen-bond acceptors (Lipinski definition) is 13. The van der Waals surface area contributed by atoms with E-state index in [0.29, 0.717) is 16.7 Å². The average Bonchev–Trinajstić information content (AvgIpc) is 3.06. The molecular weight excluding hydrogens is 652 g/mol. The normalized spacial score (nSPS) is 20.7. The number of Topliss-reactive ketones (excluding diaryl/α,β-unsaturated/α-hetero) is 1. The van der Waals surface area contributed by atoms with Crippen molar-refractivity contribution in [2.24, 2.45) is 0 Å². The van der Waals surface area contributed by atoms with Crippen molar-refractivity contribution in [3.63, 3.8) is 0 Å². The molecule has 5 N–H and O–H groups in total. The van der Waals surface area contributed by atoms with E-state index < -0.39 is 60.2 Å². The van der Waals surface area contributed by atoms with Crippen LogP contribution in [0.3, 0.4) is 0 Å². The fourth-order valence-corrected chi connectivity index (χ4v) is 5.51. The minimum atomic E-state index is -1.88. The summed E-state index contributed by atoms with van der Waals surface area (Å²) >= 11 is 0. The molecule has 1 fully saturated rings. The quantitative estimate of drug-likeness (QED) is 0.120. The van der Waals surface area contributed by atoms with Crippen molar-refractivity contribution in [2.75, 3.05) is 6.61 Å². The van der Waals surface area contributed by atoms with Crippen molar-refractivity contribution in [2.45, 2.75) is 50.8 Å². The number of carbonyl (C=O) groups is 3. The van der Waals surface area contributed by atoms with Gasteiger partial charge < -0.3 is 44.2 Å². The van der Waals surface area contributed by atoms with Crippen LogP contribution in [0.2, 0.25) is 0 Å². The third-order valence-electron chi connectivity index (χ3n) is 7.91. The number of ether oxygens (including phenoxy) is 3. The van der Waals surface area contributed by atoms with Crippen LogP contribution in [0.15, 0.2) is 82.0 Å². The molecule has 0 saturated carbocycles. The Kier molecular flexibility index (Phi) is 10.8. The summed E-state index contributed by atoms with van der Waals surface area (Å²) in [6, 6.07) is 14.3. The van der Waals surface area contributed by atoms with Crippen molar-refractivity contribution in [1.29, 1.82) is 0 Å². The Morgan fingerprint density at radius 3 is 2.00 bits per heavy atom. The molecule has 50 heavy (non-hydrogen) atoms. The van der Waals surface area contributed by atoms with Gasteiger partial charge in [0, 0.05) is 18.2 Å². The Labute approximate surface area is 284 Å². The molecule has 5 unspecified atom stereocenters. The second-order valence-electron chi connectivity index (χ2n) is 11.7. The first-order valence-corrected chi connectivity index (χ1v) is 15.4. The molecule has 1 aliphatic heterocycles. The van der Waals surface area contributed by atoms with Gasteiger partial charge in [-0.25, -0.2) is 9.59 Å². The average molecular weight is 687 g/mol. The molecule has 13 heteroatoms. The highest BCUT2D eigenvalue weighted by Crippen LogP contribution is 2.43. The van der Waals surface area contributed by atoms with E-state index in [1.165, 1.54) is 61.5 Å². The highest BCUT2D eigenvalue weighted by atomic mass is 16.6. The number of aryl methyl sites for hydroxylation is 1. The van der Waals surface area contributed by atoms with E-state index in [0.717, 1.165) is 18.2 Å². The Morgan fingerprint density at radius 1 is 0.840 bits per heavy atom. The third kappa shape index (κ3) is 8.26. The molecular formula is C37H34O13. The van der Waals surface area contributed by atoms with Gasteiger partial charge in [-0.1, -0.05) is 24.3 Å². The van der Waals surface area contributed by atoms with E-state index in [9.17, 15) is 44.7 Å². The van der Waals surface area contributed by atoms with Crippen LogP contribution in [-0.2, 0) is 35.0 Å². The minimum absolute atomic E-state index is 0.0147. The monoisotopic (exact) mass is 686 g/mol. The zero-order valence-electron chi connectivity index (χ0n) is 26.9. The molecule has 0 amide bonds. The lowest BCUT2D eigenvalue weighted by atomic mass is 9.89. The Bertz CT molecular complexity index is 2010. The number of fused-ring (bicyclic) bond motifs is 1. The maximum absolute atomic E-state index is 13.2. The van der Waals surface area contributed by atoms with Crippen molar-refractivity contribution in [3.8, 4) is 17.2 Å². The first kappa shape index (κ1) is 35.5. The summed E-state index contributed by atoms with van der Waals surface area (Å²) in [4.78, 5) is 50.7. The Balaban J connectivity index is 1.50. The molecule has 5 rings (SSSR count). The van der Waals surface area contributed by atoms with Crippen LogP contribution in [0.5, 0.6) is 17.2 Å².